The number of piperidine rings is 1. The van der Waals surface area contributed by atoms with Gasteiger partial charge in [-0.3, -0.25) is 0 Å². The van der Waals surface area contributed by atoms with Crippen molar-refractivity contribution in [2.45, 2.75) is 18.8 Å². The summed E-state index contributed by atoms with van der Waals surface area (Å²) >= 11 is 0. The Hall–Kier alpha value is -2.04. The molecular formula is C14H16FN3O. The van der Waals surface area contributed by atoms with E-state index in [2.05, 4.69) is 4.98 Å². The monoisotopic (exact) mass is 261 g/mol. The summed E-state index contributed by atoms with van der Waals surface area (Å²) in [5.74, 6) is 0.133. The van der Waals surface area contributed by atoms with Crippen LogP contribution in [0.1, 0.15) is 24.3 Å². The molecule has 0 spiro atoms. The maximum Gasteiger partial charge on any atom is 0.314 e. The summed E-state index contributed by atoms with van der Waals surface area (Å²) in [5.41, 5.74) is 7.36. The number of fused-ring (bicyclic) bond motifs is 1. The van der Waals surface area contributed by atoms with Crippen molar-refractivity contribution in [2.75, 3.05) is 13.1 Å². The Morgan fingerprint density at radius 3 is 2.79 bits per heavy atom. The summed E-state index contributed by atoms with van der Waals surface area (Å²) in [5, 5.41) is 0.942. The number of benzene rings is 1. The predicted molar refractivity (Wildman–Crippen MR) is 71.4 cm³/mol. The predicted octanol–water partition coefficient (Wildman–Crippen LogP) is 2.57. The van der Waals surface area contributed by atoms with Crippen molar-refractivity contribution in [1.82, 2.24) is 9.88 Å². The van der Waals surface area contributed by atoms with Crippen LogP contribution in [-0.2, 0) is 0 Å². The van der Waals surface area contributed by atoms with Crippen LogP contribution in [0.15, 0.2) is 24.4 Å². The minimum absolute atomic E-state index is 0.220. The summed E-state index contributed by atoms with van der Waals surface area (Å²) in [4.78, 5) is 15.9. The number of aromatic nitrogens is 1. The first kappa shape index (κ1) is 12.0. The second-order valence-electron chi connectivity index (χ2n) is 5.03. The molecule has 2 aromatic rings. The Morgan fingerprint density at radius 2 is 2.11 bits per heavy atom. The van der Waals surface area contributed by atoms with Crippen LogP contribution in [0.2, 0.25) is 0 Å². The number of amides is 2. The fourth-order valence-corrected chi connectivity index (χ4v) is 2.86. The highest BCUT2D eigenvalue weighted by Gasteiger charge is 2.24. The Bertz CT molecular complexity index is 614. The molecule has 3 N–H and O–H groups in total. The van der Waals surface area contributed by atoms with Gasteiger partial charge in [-0.15, -0.1) is 0 Å². The van der Waals surface area contributed by atoms with Crippen LogP contribution >= 0.6 is 0 Å². The van der Waals surface area contributed by atoms with E-state index in [9.17, 15) is 9.18 Å². The lowest BCUT2D eigenvalue weighted by Crippen LogP contribution is -2.41. The van der Waals surface area contributed by atoms with Gasteiger partial charge in [-0.2, -0.15) is 0 Å². The van der Waals surface area contributed by atoms with Crippen LogP contribution in [0.4, 0.5) is 9.18 Å². The summed E-state index contributed by atoms with van der Waals surface area (Å²) < 4.78 is 13.3. The highest BCUT2D eigenvalue weighted by Crippen LogP contribution is 2.33. The van der Waals surface area contributed by atoms with Gasteiger partial charge < -0.3 is 15.6 Å². The third kappa shape index (κ3) is 2.16. The summed E-state index contributed by atoms with van der Waals surface area (Å²) in [6.07, 6.45) is 3.69. The second-order valence-corrected chi connectivity index (χ2v) is 5.03. The molecule has 19 heavy (non-hydrogen) atoms. The number of nitrogens with zero attached hydrogens (tertiary/aromatic N) is 1. The molecule has 5 heteroatoms. The van der Waals surface area contributed by atoms with E-state index in [1.54, 1.807) is 17.0 Å². The van der Waals surface area contributed by atoms with E-state index in [-0.39, 0.29) is 11.8 Å². The van der Waals surface area contributed by atoms with Crippen LogP contribution in [0.5, 0.6) is 0 Å². The number of nitrogens with two attached hydrogens (primary N) is 1. The molecule has 0 saturated carbocycles. The first-order chi connectivity index (χ1) is 9.15. The molecule has 2 heterocycles. The van der Waals surface area contributed by atoms with Crippen LogP contribution in [0.25, 0.3) is 10.9 Å². The Morgan fingerprint density at radius 1 is 1.37 bits per heavy atom. The number of likely N-dealkylation sites (tertiary alicyclic amines) is 1. The number of urea groups is 1. The van der Waals surface area contributed by atoms with Gasteiger partial charge in [0, 0.05) is 30.2 Å². The van der Waals surface area contributed by atoms with Gasteiger partial charge in [0.2, 0.25) is 0 Å². The summed E-state index contributed by atoms with van der Waals surface area (Å²) in [6.45, 7) is 1.34. The number of carbonyl (C=O) groups is 1. The Labute approximate surface area is 110 Å². The van der Waals surface area contributed by atoms with Crippen LogP contribution < -0.4 is 5.73 Å². The molecule has 4 nitrogen and oxygen atoms in total. The molecule has 1 aromatic carbocycles. The zero-order valence-corrected chi connectivity index (χ0v) is 10.5. The number of hydrogen-bond acceptors (Lipinski definition) is 1. The first-order valence-electron chi connectivity index (χ1n) is 6.46. The zero-order chi connectivity index (χ0) is 13.4. The molecule has 0 aliphatic carbocycles. The quantitative estimate of drug-likeness (QED) is 0.814. The molecular weight excluding hydrogens is 245 g/mol. The number of rotatable bonds is 1. The number of aromatic amines is 1. The lowest BCUT2D eigenvalue weighted by molar-refractivity contribution is 0.191. The molecule has 0 radical (unpaired) electrons. The Balaban J connectivity index is 1.85. The maximum absolute atomic E-state index is 13.3. The number of H-pyrrole nitrogens is 1. The topological polar surface area (TPSA) is 62.1 Å². The van der Waals surface area contributed by atoms with E-state index in [0.29, 0.717) is 19.0 Å². The van der Waals surface area contributed by atoms with Crippen LogP contribution in [0, 0.1) is 5.82 Å². The fraction of sp³-hybridized carbons (Fsp3) is 0.357. The smallest absolute Gasteiger partial charge is 0.314 e. The van der Waals surface area contributed by atoms with Crippen LogP contribution in [0.3, 0.4) is 0 Å². The number of halogens is 1. The van der Waals surface area contributed by atoms with E-state index in [1.807, 2.05) is 6.20 Å². The standard InChI is InChI=1S/C14H16FN3O/c15-10-1-2-13-11(7-10)12(8-17-13)9-3-5-18(6-4-9)14(16)19/h1-2,7-9,17H,3-6H2,(H2,16,19). The molecule has 1 aromatic heterocycles. The molecule has 0 unspecified atom stereocenters. The normalized spacial score (nSPS) is 17.0. The number of primary amides is 1. The molecule has 0 atom stereocenters. The van der Waals surface area contributed by atoms with Crippen molar-refractivity contribution in [3.63, 3.8) is 0 Å². The highest BCUT2D eigenvalue weighted by atomic mass is 19.1. The average molecular weight is 261 g/mol. The van der Waals surface area contributed by atoms with E-state index in [1.165, 1.54) is 6.07 Å². The van der Waals surface area contributed by atoms with Gasteiger partial charge in [-0.05, 0) is 42.5 Å². The van der Waals surface area contributed by atoms with Gasteiger partial charge in [0.15, 0.2) is 0 Å². The summed E-state index contributed by atoms with van der Waals surface area (Å²) in [6, 6.07) is 4.43. The van der Waals surface area contributed by atoms with E-state index in [0.717, 1.165) is 29.3 Å². The fourth-order valence-electron chi connectivity index (χ4n) is 2.86. The molecule has 1 saturated heterocycles. The third-order valence-electron chi connectivity index (χ3n) is 3.92. The van der Waals surface area contributed by atoms with Crippen molar-refractivity contribution in [3.05, 3.63) is 35.8 Å². The van der Waals surface area contributed by atoms with Crippen molar-refractivity contribution < 1.29 is 9.18 Å². The number of carbonyl (C=O) groups excluding carboxylic acids is 1. The van der Waals surface area contributed by atoms with Crippen molar-refractivity contribution in [1.29, 1.82) is 0 Å². The first-order valence-corrected chi connectivity index (χ1v) is 6.46. The van der Waals surface area contributed by atoms with Gasteiger partial charge in [0.25, 0.3) is 0 Å². The van der Waals surface area contributed by atoms with Gasteiger partial charge >= 0.3 is 6.03 Å². The lowest BCUT2D eigenvalue weighted by atomic mass is 9.89. The molecule has 2 amide bonds. The van der Waals surface area contributed by atoms with E-state index in [4.69, 9.17) is 5.73 Å². The van der Waals surface area contributed by atoms with Crippen molar-refractivity contribution in [2.24, 2.45) is 5.73 Å². The molecule has 3 rings (SSSR count). The van der Waals surface area contributed by atoms with Gasteiger partial charge in [0.1, 0.15) is 5.82 Å². The number of nitrogens with one attached hydrogen (secondary N) is 1. The highest BCUT2D eigenvalue weighted by molar-refractivity contribution is 5.83. The largest absolute Gasteiger partial charge is 0.361 e. The van der Waals surface area contributed by atoms with Gasteiger partial charge in [-0.25, -0.2) is 9.18 Å². The van der Waals surface area contributed by atoms with Crippen molar-refractivity contribution in [3.8, 4) is 0 Å². The third-order valence-corrected chi connectivity index (χ3v) is 3.92. The SMILES string of the molecule is NC(=O)N1CCC(c2c[nH]c3ccc(F)cc23)CC1. The summed E-state index contributed by atoms with van der Waals surface area (Å²) in [7, 11) is 0. The van der Waals surface area contributed by atoms with E-state index < -0.39 is 0 Å². The van der Waals surface area contributed by atoms with E-state index >= 15 is 0 Å². The minimum Gasteiger partial charge on any atom is -0.361 e. The molecule has 1 aliphatic rings. The molecule has 1 aliphatic heterocycles. The maximum atomic E-state index is 13.3. The second kappa shape index (κ2) is 4.57. The van der Waals surface area contributed by atoms with Gasteiger partial charge in [0.05, 0.1) is 0 Å². The van der Waals surface area contributed by atoms with Gasteiger partial charge in [-0.1, -0.05) is 0 Å². The average Bonchev–Trinajstić information content (AvgIpc) is 2.81. The Kier molecular flexibility index (Phi) is 2.89. The van der Waals surface area contributed by atoms with Crippen LogP contribution in [-0.4, -0.2) is 29.0 Å². The molecule has 0 bridgehead atoms. The number of hydrogen-bond donors (Lipinski definition) is 2. The van der Waals surface area contributed by atoms with Crippen molar-refractivity contribution >= 4 is 16.9 Å². The zero-order valence-electron chi connectivity index (χ0n) is 10.5. The molecule has 1 fully saturated rings. The lowest BCUT2D eigenvalue weighted by Gasteiger charge is -2.30. The minimum atomic E-state index is -0.358. The molecule has 100 valence electrons.